The maximum absolute atomic E-state index is 13.4. The smallest absolute Gasteiger partial charge is 0.219 e. The molecule has 9 heteroatoms. The van der Waals surface area contributed by atoms with Gasteiger partial charge in [0.1, 0.15) is 11.5 Å². The van der Waals surface area contributed by atoms with Crippen LogP contribution >= 0.6 is 11.3 Å². The van der Waals surface area contributed by atoms with Crippen molar-refractivity contribution in [2.75, 3.05) is 24.9 Å². The number of allylic oxidation sites excluding steroid dienone is 1. The van der Waals surface area contributed by atoms with E-state index < -0.39 is 6.04 Å². The molecule has 3 heterocycles. The van der Waals surface area contributed by atoms with E-state index in [1.165, 1.54) is 4.88 Å². The lowest BCUT2D eigenvalue weighted by molar-refractivity contribution is -0.116. The fraction of sp³-hybridized carbons (Fsp3) is 0.286. The highest BCUT2D eigenvalue weighted by atomic mass is 32.1. The Morgan fingerprint density at radius 1 is 1.10 bits per heavy atom. The van der Waals surface area contributed by atoms with Crippen molar-refractivity contribution in [1.29, 1.82) is 0 Å². The number of rotatable bonds is 4. The topological polar surface area (TPSA) is 98.5 Å². The monoisotopic (exact) mass is 424 g/mol. The fourth-order valence-corrected chi connectivity index (χ4v) is 4.90. The van der Waals surface area contributed by atoms with Crippen molar-refractivity contribution in [2.45, 2.75) is 24.8 Å². The molecule has 0 saturated carbocycles. The molecule has 0 saturated heterocycles. The van der Waals surface area contributed by atoms with Gasteiger partial charge in [-0.25, -0.2) is 4.63 Å². The van der Waals surface area contributed by atoms with Gasteiger partial charge in [-0.3, -0.25) is 4.79 Å². The largest absolute Gasteiger partial charge is 0.497 e. The van der Waals surface area contributed by atoms with E-state index in [1.807, 2.05) is 23.6 Å². The van der Waals surface area contributed by atoms with Gasteiger partial charge in [0.25, 0.3) is 0 Å². The van der Waals surface area contributed by atoms with Gasteiger partial charge in [0.05, 0.1) is 20.3 Å². The Labute approximate surface area is 176 Å². The number of anilines is 2. The highest BCUT2D eigenvalue weighted by Crippen LogP contribution is 2.45. The quantitative estimate of drug-likeness (QED) is 0.645. The highest BCUT2D eigenvalue weighted by molar-refractivity contribution is 7.10. The van der Waals surface area contributed by atoms with Crippen LogP contribution in [-0.4, -0.2) is 30.3 Å². The zero-order valence-electron chi connectivity index (χ0n) is 16.5. The number of hydrogen-bond acceptors (Lipinski definition) is 9. The molecule has 5 rings (SSSR count). The van der Waals surface area contributed by atoms with E-state index >= 15 is 0 Å². The first-order chi connectivity index (χ1) is 14.7. The average molecular weight is 424 g/mol. The minimum absolute atomic E-state index is 0.0866. The van der Waals surface area contributed by atoms with Gasteiger partial charge < -0.3 is 20.1 Å². The van der Waals surface area contributed by atoms with E-state index in [0.29, 0.717) is 41.5 Å². The number of ether oxygens (including phenoxy) is 2. The molecule has 0 fully saturated rings. The summed E-state index contributed by atoms with van der Waals surface area (Å²) >= 11 is 1.67. The van der Waals surface area contributed by atoms with Crippen LogP contribution in [0, 0.1) is 0 Å². The predicted molar refractivity (Wildman–Crippen MR) is 112 cm³/mol. The SMILES string of the molecule is COc1cc(OC)cc(C2Nc3nonc3NC3=C2C(=O)CC(c2cccs2)C3)c1. The van der Waals surface area contributed by atoms with Crippen LogP contribution in [-0.2, 0) is 4.79 Å². The van der Waals surface area contributed by atoms with Crippen molar-refractivity contribution in [3.63, 3.8) is 0 Å². The van der Waals surface area contributed by atoms with E-state index in [1.54, 1.807) is 31.6 Å². The summed E-state index contributed by atoms with van der Waals surface area (Å²) in [6, 6.07) is 9.23. The molecule has 3 aromatic rings. The van der Waals surface area contributed by atoms with Crippen molar-refractivity contribution in [2.24, 2.45) is 0 Å². The third kappa shape index (κ3) is 3.21. The molecule has 154 valence electrons. The lowest BCUT2D eigenvalue weighted by Gasteiger charge is -2.29. The van der Waals surface area contributed by atoms with Crippen molar-refractivity contribution in [3.05, 3.63) is 57.4 Å². The second-order valence-corrected chi connectivity index (χ2v) is 8.23. The van der Waals surface area contributed by atoms with Crippen LogP contribution in [0.15, 0.2) is 51.6 Å². The summed E-state index contributed by atoms with van der Waals surface area (Å²) < 4.78 is 15.8. The summed E-state index contributed by atoms with van der Waals surface area (Å²) in [5.41, 5.74) is 2.34. The fourth-order valence-electron chi connectivity index (χ4n) is 4.07. The number of Topliss-reactive ketones (excluding diaryl/α,β-unsaturated/α-hetero) is 1. The number of carbonyl (C=O) groups is 1. The molecule has 8 nitrogen and oxygen atoms in total. The van der Waals surface area contributed by atoms with Crippen LogP contribution in [0.1, 0.15) is 35.2 Å². The Hall–Kier alpha value is -3.33. The maximum Gasteiger partial charge on any atom is 0.219 e. The Morgan fingerprint density at radius 2 is 1.87 bits per heavy atom. The van der Waals surface area contributed by atoms with Gasteiger partial charge in [-0.05, 0) is 45.9 Å². The van der Waals surface area contributed by atoms with Gasteiger partial charge in [0, 0.05) is 34.6 Å². The third-order valence-electron chi connectivity index (χ3n) is 5.49. The molecule has 2 aliphatic rings. The first-order valence-electron chi connectivity index (χ1n) is 9.55. The summed E-state index contributed by atoms with van der Waals surface area (Å²) in [6.45, 7) is 0. The second kappa shape index (κ2) is 7.49. The van der Waals surface area contributed by atoms with Crippen molar-refractivity contribution in [3.8, 4) is 11.5 Å². The van der Waals surface area contributed by atoms with Crippen LogP contribution in [0.4, 0.5) is 11.6 Å². The first-order valence-corrected chi connectivity index (χ1v) is 10.4. The first kappa shape index (κ1) is 18.7. The van der Waals surface area contributed by atoms with E-state index in [-0.39, 0.29) is 11.7 Å². The van der Waals surface area contributed by atoms with Crippen LogP contribution in [0.25, 0.3) is 0 Å². The van der Waals surface area contributed by atoms with E-state index in [9.17, 15) is 4.79 Å². The number of thiophene rings is 1. The summed E-state index contributed by atoms with van der Waals surface area (Å²) in [7, 11) is 3.20. The van der Waals surface area contributed by atoms with Crippen molar-refractivity contribution in [1.82, 2.24) is 10.3 Å². The van der Waals surface area contributed by atoms with Crippen LogP contribution in [0.3, 0.4) is 0 Å². The molecule has 2 aromatic heterocycles. The number of hydrogen-bond donors (Lipinski definition) is 2. The second-order valence-electron chi connectivity index (χ2n) is 7.25. The number of nitrogens with one attached hydrogen (secondary N) is 2. The molecular weight excluding hydrogens is 404 g/mol. The van der Waals surface area contributed by atoms with Gasteiger partial charge in [0.15, 0.2) is 5.78 Å². The minimum Gasteiger partial charge on any atom is -0.497 e. The lowest BCUT2D eigenvalue weighted by atomic mass is 9.81. The number of aromatic nitrogens is 2. The van der Waals surface area contributed by atoms with Crippen LogP contribution in [0.2, 0.25) is 0 Å². The van der Waals surface area contributed by atoms with Crippen LogP contribution < -0.4 is 20.1 Å². The molecule has 2 unspecified atom stereocenters. The summed E-state index contributed by atoms with van der Waals surface area (Å²) in [6.07, 6.45) is 1.16. The molecule has 1 aromatic carbocycles. The highest BCUT2D eigenvalue weighted by Gasteiger charge is 2.38. The standard InChI is InChI=1S/C21H20N4O4S/c1-27-13-6-12(7-14(10-13)28-2)19-18-15(22-20-21(23-19)25-29-24-20)8-11(9-16(18)26)17-4-3-5-30-17/h3-7,10-11,19H,8-9H2,1-2H3,(H,22,24)(H,23,25). The van der Waals surface area contributed by atoms with Crippen LogP contribution in [0.5, 0.6) is 11.5 Å². The molecule has 30 heavy (non-hydrogen) atoms. The van der Waals surface area contributed by atoms with Crippen molar-refractivity contribution >= 4 is 28.8 Å². The van der Waals surface area contributed by atoms with Gasteiger partial charge in [0.2, 0.25) is 11.6 Å². The summed E-state index contributed by atoms with van der Waals surface area (Å²) in [5.74, 6) is 2.43. The van der Waals surface area contributed by atoms with Gasteiger partial charge in [-0.1, -0.05) is 6.07 Å². The van der Waals surface area contributed by atoms with Crippen molar-refractivity contribution < 1.29 is 18.9 Å². The third-order valence-corrected chi connectivity index (χ3v) is 6.52. The number of carbonyl (C=O) groups excluding carboxylic acids is 1. The molecule has 0 bridgehead atoms. The van der Waals surface area contributed by atoms with E-state index in [0.717, 1.165) is 11.3 Å². The number of fused-ring (bicyclic) bond motifs is 1. The van der Waals surface area contributed by atoms with Gasteiger partial charge >= 0.3 is 0 Å². The minimum atomic E-state index is -0.443. The molecule has 0 amide bonds. The zero-order valence-corrected chi connectivity index (χ0v) is 17.3. The summed E-state index contributed by atoms with van der Waals surface area (Å²) in [5, 5.41) is 16.6. The summed E-state index contributed by atoms with van der Waals surface area (Å²) in [4.78, 5) is 14.6. The Morgan fingerprint density at radius 3 is 2.57 bits per heavy atom. The zero-order chi connectivity index (χ0) is 20.7. The lowest BCUT2D eigenvalue weighted by Crippen LogP contribution is -2.26. The molecular formula is C21H20N4O4S. The number of methoxy groups -OCH3 is 2. The Balaban J connectivity index is 1.63. The molecule has 2 atom stereocenters. The Kier molecular flexibility index (Phi) is 4.66. The number of ketones is 1. The van der Waals surface area contributed by atoms with E-state index in [4.69, 9.17) is 14.1 Å². The molecule has 0 spiro atoms. The molecule has 0 radical (unpaired) electrons. The molecule has 1 aliphatic carbocycles. The molecule has 1 aliphatic heterocycles. The van der Waals surface area contributed by atoms with Gasteiger partial charge in [-0.15, -0.1) is 11.3 Å². The predicted octanol–water partition coefficient (Wildman–Crippen LogP) is 4.13. The average Bonchev–Trinajstić information content (AvgIpc) is 3.42. The maximum atomic E-state index is 13.4. The number of benzene rings is 1. The Bertz CT molecular complexity index is 1100. The number of nitrogens with zero attached hydrogens (tertiary/aromatic N) is 2. The molecule has 2 N–H and O–H groups in total. The normalized spacial score (nSPS) is 20.5. The van der Waals surface area contributed by atoms with E-state index in [2.05, 4.69) is 27.0 Å². The van der Waals surface area contributed by atoms with Gasteiger partial charge in [-0.2, -0.15) is 0 Å².